The zero-order valence-corrected chi connectivity index (χ0v) is 16.9. The number of aryl methyl sites for hydroxylation is 1. The van der Waals surface area contributed by atoms with Crippen LogP contribution in [0.4, 0.5) is 0 Å². The Bertz CT molecular complexity index is 971. The minimum absolute atomic E-state index is 0.0412. The normalized spacial score (nSPS) is 16.0. The van der Waals surface area contributed by atoms with Crippen LogP contribution in [-0.4, -0.2) is 25.2 Å². The molecule has 1 aliphatic carbocycles. The lowest BCUT2D eigenvalue weighted by molar-refractivity contribution is 0.0815. The summed E-state index contributed by atoms with van der Waals surface area (Å²) in [5, 5.41) is 0. The highest BCUT2D eigenvalue weighted by Crippen LogP contribution is 2.40. The van der Waals surface area contributed by atoms with Gasteiger partial charge in [-0.15, -0.1) is 0 Å². The topological polar surface area (TPSA) is 12.5 Å². The summed E-state index contributed by atoms with van der Waals surface area (Å²) >= 11 is 0. The van der Waals surface area contributed by atoms with Crippen molar-refractivity contribution in [3.8, 4) is 5.75 Å². The van der Waals surface area contributed by atoms with E-state index in [9.17, 15) is 0 Å². The van der Waals surface area contributed by atoms with Crippen LogP contribution < -0.4 is 4.74 Å². The molecule has 0 amide bonds. The lowest BCUT2D eigenvalue weighted by atomic mass is 9.90. The van der Waals surface area contributed by atoms with E-state index in [0.717, 1.165) is 18.6 Å². The fourth-order valence-electron chi connectivity index (χ4n) is 3.81. The number of fused-ring (bicyclic) bond motifs is 1. The van der Waals surface area contributed by atoms with Gasteiger partial charge in [0.2, 0.25) is 0 Å². The van der Waals surface area contributed by atoms with Crippen molar-refractivity contribution in [3.63, 3.8) is 0 Å². The molecular weight excluding hydrogens is 342 g/mol. The second-order valence-corrected chi connectivity index (χ2v) is 7.58. The zero-order chi connectivity index (χ0) is 19.5. The lowest BCUT2D eigenvalue weighted by Crippen LogP contribution is -2.30. The van der Waals surface area contributed by atoms with Crippen LogP contribution >= 0.6 is 0 Å². The third-order valence-corrected chi connectivity index (χ3v) is 5.53. The number of hydrogen-bond donors (Lipinski definition) is 0. The molecule has 2 nitrogen and oxygen atoms in total. The number of hydrogen-bond acceptors (Lipinski definition) is 2. The zero-order valence-electron chi connectivity index (χ0n) is 16.9. The molecule has 0 radical (unpaired) electrons. The first kappa shape index (κ1) is 18.5. The number of nitrogens with zero attached hydrogens (tertiary/aromatic N) is 1. The molecule has 1 atom stereocenters. The average molecular weight is 370 g/mol. The molecule has 2 heteroatoms. The molecule has 3 aromatic rings. The summed E-state index contributed by atoms with van der Waals surface area (Å²) in [6, 6.07) is 28.1. The molecule has 3 aromatic carbocycles. The van der Waals surface area contributed by atoms with E-state index >= 15 is 0 Å². The van der Waals surface area contributed by atoms with Gasteiger partial charge in [0.25, 0.3) is 0 Å². The van der Waals surface area contributed by atoms with E-state index in [4.69, 9.17) is 4.74 Å². The van der Waals surface area contributed by atoms with E-state index in [1.165, 1.54) is 33.4 Å². The summed E-state index contributed by atoms with van der Waals surface area (Å²) in [5.74, 6) is 0.897. The Labute approximate surface area is 168 Å². The first-order valence-electron chi connectivity index (χ1n) is 9.94. The molecule has 1 unspecified atom stereocenters. The Morgan fingerprint density at radius 1 is 0.786 bits per heavy atom. The van der Waals surface area contributed by atoms with Crippen molar-refractivity contribution in [2.45, 2.75) is 26.0 Å². The van der Waals surface area contributed by atoms with Gasteiger partial charge in [0.05, 0.1) is 0 Å². The Balaban J connectivity index is 1.77. The minimum Gasteiger partial charge on any atom is -0.475 e. The fraction of sp³-hybridized carbons (Fsp3) is 0.231. The summed E-state index contributed by atoms with van der Waals surface area (Å²) in [7, 11) is 4.04. The second kappa shape index (κ2) is 8.04. The quantitative estimate of drug-likeness (QED) is 0.521. The van der Waals surface area contributed by atoms with Crippen molar-refractivity contribution in [1.82, 2.24) is 4.90 Å². The van der Waals surface area contributed by atoms with Crippen molar-refractivity contribution >= 4 is 11.1 Å². The molecular formula is C26H27NO. The Kier molecular flexibility index (Phi) is 5.31. The van der Waals surface area contributed by atoms with E-state index in [-0.39, 0.29) is 6.23 Å². The molecule has 0 fully saturated rings. The van der Waals surface area contributed by atoms with Gasteiger partial charge in [-0.3, -0.25) is 4.90 Å². The van der Waals surface area contributed by atoms with Gasteiger partial charge in [0, 0.05) is 0 Å². The third-order valence-electron chi connectivity index (χ3n) is 5.53. The number of ether oxygens (including phenoxy) is 1. The molecule has 0 heterocycles. The van der Waals surface area contributed by atoms with Crippen LogP contribution in [0, 0.1) is 0 Å². The van der Waals surface area contributed by atoms with Crippen LogP contribution in [0.5, 0.6) is 5.75 Å². The van der Waals surface area contributed by atoms with Gasteiger partial charge in [0.15, 0.2) is 0 Å². The van der Waals surface area contributed by atoms with Crippen molar-refractivity contribution < 1.29 is 4.74 Å². The Morgan fingerprint density at radius 3 is 2.14 bits per heavy atom. The van der Waals surface area contributed by atoms with E-state index in [2.05, 4.69) is 90.7 Å². The van der Waals surface area contributed by atoms with Gasteiger partial charge in [0.1, 0.15) is 12.0 Å². The van der Waals surface area contributed by atoms with Crippen LogP contribution in [0.1, 0.15) is 35.6 Å². The molecule has 4 rings (SSSR count). The molecule has 28 heavy (non-hydrogen) atoms. The third kappa shape index (κ3) is 3.74. The number of rotatable bonds is 5. The van der Waals surface area contributed by atoms with E-state index in [1.54, 1.807) is 0 Å². The monoisotopic (exact) mass is 369 g/mol. The molecule has 0 aromatic heterocycles. The smallest absolute Gasteiger partial charge is 0.149 e. The molecule has 0 N–H and O–H groups in total. The van der Waals surface area contributed by atoms with Crippen molar-refractivity contribution in [2.75, 3.05) is 14.1 Å². The first-order valence-corrected chi connectivity index (χ1v) is 9.94. The first-order chi connectivity index (χ1) is 13.6. The molecule has 0 saturated carbocycles. The summed E-state index contributed by atoms with van der Waals surface area (Å²) in [6.07, 6.45) is 2.24. The maximum atomic E-state index is 6.01. The Hall–Kier alpha value is -2.84. The van der Waals surface area contributed by atoms with E-state index in [0.29, 0.717) is 0 Å². The van der Waals surface area contributed by atoms with E-state index < -0.39 is 0 Å². The maximum absolute atomic E-state index is 6.01. The van der Waals surface area contributed by atoms with Crippen molar-refractivity contribution in [1.29, 1.82) is 0 Å². The van der Waals surface area contributed by atoms with Crippen LogP contribution in [0.15, 0.2) is 78.9 Å². The average Bonchev–Trinajstić information content (AvgIpc) is 3.14. The summed E-state index contributed by atoms with van der Waals surface area (Å²) < 4.78 is 6.01. The standard InChI is InChI=1S/C26H27NO/c1-19(27(2)3)28-23-16-13-22(14-17-23)26(21-10-5-4-6-11-21)25-18-15-20-9-7-8-12-24(20)25/h4-14,16-17,19H,15,18H2,1-3H3/b26-25+. The molecule has 0 saturated heterocycles. The highest BCUT2D eigenvalue weighted by atomic mass is 16.5. The predicted molar refractivity (Wildman–Crippen MR) is 117 cm³/mol. The summed E-state index contributed by atoms with van der Waals surface area (Å²) in [5.41, 5.74) is 8.12. The summed E-state index contributed by atoms with van der Waals surface area (Å²) in [4.78, 5) is 2.06. The van der Waals surface area contributed by atoms with Crippen LogP contribution in [0.2, 0.25) is 0 Å². The predicted octanol–water partition coefficient (Wildman–Crippen LogP) is 5.88. The van der Waals surface area contributed by atoms with Gasteiger partial charge in [-0.2, -0.15) is 0 Å². The van der Waals surface area contributed by atoms with Crippen molar-refractivity contribution in [2.24, 2.45) is 0 Å². The van der Waals surface area contributed by atoms with Crippen LogP contribution in [0.25, 0.3) is 11.1 Å². The highest BCUT2D eigenvalue weighted by molar-refractivity contribution is 6.00. The molecule has 142 valence electrons. The van der Waals surface area contributed by atoms with Gasteiger partial charge in [-0.1, -0.05) is 66.7 Å². The maximum Gasteiger partial charge on any atom is 0.149 e. The summed E-state index contributed by atoms with van der Waals surface area (Å²) in [6.45, 7) is 2.06. The van der Waals surface area contributed by atoms with Gasteiger partial charge in [-0.05, 0) is 79.4 Å². The fourth-order valence-corrected chi connectivity index (χ4v) is 3.81. The van der Waals surface area contributed by atoms with E-state index in [1.807, 2.05) is 14.1 Å². The second-order valence-electron chi connectivity index (χ2n) is 7.58. The van der Waals surface area contributed by atoms with Crippen LogP contribution in [0.3, 0.4) is 0 Å². The molecule has 0 aliphatic heterocycles. The van der Waals surface area contributed by atoms with Crippen LogP contribution in [-0.2, 0) is 6.42 Å². The number of allylic oxidation sites excluding steroid dienone is 1. The van der Waals surface area contributed by atoms with Gasteiger partial charge in [-0.25, -0.2) is 0 Å². The Morgan fingerprint density at radius 2 is 1.43 bits per heavy atom. The highest BCUT2D eigenvalue weighted by Gasteiger charge is 2.21. The van der Waals surface area contributed by atoms with Crippen molar-refractivity contribution in [3.05, 3.63) is 101 Å². The minimum atomic E-state index is 0.0412. The lowest BCUT2D eigenvalue weighted by Gasteiger charge is -2.21. The van der Waals surface area contributed by atoms with Gasteiger partial charge >= 0.3 is 0 Å². The molecule has 0 bridgehead atoms. The number of benzene rings is 3. The largest absolute Gasteiger partial charge is 0.475 e. The molecule has 0 spiro atoms. The van der Waals surface area contributed by atoms with Gasteiger partial charge < -0.3 is 4.74 Å². The SMILES string of the molecule is CC(Oc1ccc(/C(=C2\CCc3ccccc32)c2ccccc2)cc1)N(C)C. The molecule has 1 aliphatic rings.